The van der Waals surface area contributed by atoms with E-state index in [2.05, 4.69) is 138 Å². The topological polar surface area (TPSA) is 0 Å². The Labute approximate surface area is 254 Å². The van der Waals surface area contributed by atoms with Gasteiger partial charge in [-0.05, 0) is 96.7 Å². The fourth-order valence-corrected chi connectivity index (χ4v) is 5.05. The van der Waals surface area contributed by atoms with Crippen molar-refractivity contribution in [2.45, 2.75) is 183 Å². The van der Waals surface area contributed by atoms with Gasteiger partial charge in [0.05, 0.1) is 0 Å². The Hall–Kier alpha value is 0. The van der Waals surface area contributed by atoms with Crippen molar-refractivity contribution < 1.29 is 0 Å². The zero-order chi connectivity index (χ0) is 31.9. The summed E-state index contributed by atoms with van der Waals surface area (Å²) >= 11 is 0. The minimum Gasteiger partial charge on any atom is -0.0651 e. The molecule has 0 bridgehead atoms. The van der Waals surface area contributed by atoms with Crippen LogP contribution in [0.5, 0.6) is 0 Å². The van der Waals surface area contributed by atoms with Crippen LogP contribution >= 0.6 is 0 Å². The van der Waals surface area contributed by atoms with Gasteiger partial charge < -0.3 is 0 Å². The van der Waals surface area contributed by atoms with E-state index in [1.54, 1.807) is 0 Å². The van der Waals surface area contributed by atoms with Crippen molar-refractivity contribution in [3.05, 3.63) is 0 Å². The fraction of sp³-hybridized carbons (Fsp3) is 1.00. The van der Waals surface area contributed by atoms with E-state index in [1.165, 1.54) is 44.9 Å². The Bertz CT molecular complexity index is 431. The van der Waals surface area contributed by atoms with E-state index in [0.717, 1.165) is 71.0 Å². The second-order valence-corrected chi connectivity index (χ2v) is 16.5. The maximum Gasteiger partial charge on any atom is -0.0386 e. The first kappa shape index (κ1) is 46.0. The molecule has 0 radical (unpaired) electrons. The third-order valence-corrected chi connectivity index (χ3v) is 8.04. The van der Waals surface area contributed by atoms with Gasteiger partial charge in [-0.2, -0.15) is 0 Å². The molecule has 0 saturated heterocycles. The molecule has 0 nitrogen and oxygen atoms in total. The molecule has 0 fully saturated rings. The summed E-state index contributed by atoms with van der Waals surface area (Å²) in [6, 6.07) is 0. The van der Waals surface area contributed by atoms with Crippen LogP contribution in [-0.4, -0.2) is 0 Å². The lowest BCUT2D eigenvalue weighted by molar-refractivity contribution is 0.268. The molecule has 0 amide bonds. The number of hydrogen-bond donors (Lipinski definition) is 0. The van der Waals surface area contributed by atoms with E-state index in [-0.39, 0.29) is 0 Å². The van der Waals surface area contributed by atoms with Crippen LogP contribution in [0, 0.1) is 71.0 Å². The van der Waals surface area contributed by atoms with Crippen molar-refractivity contribution in [3.8, 4) is 0 Å². The van der Waals surface area contributed by atoms with Crippen molar-refractivity contribution in [1.29, 1.82) is 0 Å². The summed E-state index contributed by atoms with van der Waals surface area (Å²) in [7, 11) is 0. The zero-order valence-electron chi connectivity index (χ0n) is 31.9. The third kappa shape index (κ3) is 40.2. The summed E-state index contributed by atoms with van der Waals surface area (Å²) in [5.41, 5.74) is 0. The molecule has 0 aromatic carbocycles. The maximum absolute atomic E-state index is 2.36. The van der Waals surface area contributed by atoms with Crippen molar-refractivity contribution in [3.63, 3.8) is 0 Å². The summed E-state index contributed by atoms with van der Waals surface area (Å²) in [4.78, 5) is 0. The Morgan fingerprint density at radius 1 is 0.308 bits per heavy atom. The predicted octanol–water partition coefficient (Wildman–Crippen LogP) is 14.5. The maximum atomic E-state index is 2.36. The molecule has 0 spiro atoms. The Kier molecular flexibility index (Phi) is 33.2. The SMILES string of the molecule is CC(C)CC(C)C(C)C.CC(C)CC(CC(C)C)C(C)C.CC(C)CCC(C)C.CCC(CC(C)C)C(C)C. The molecule has 0 heterocycles. The number of rotatable bonds is 15. The van der Waals surface area contributed by atoms with Crippen LogP contribution in [0.1, 0.15) is 183 Å². The molecule has 242 valence electrons. The first-order chi connectivity index (χ1) is 17.7. The lowest BCUT2D eigenvalue weighted by Gasteiger charge is -2.24. The van der Waals surface area contributed by atoms with E-state index in [4.69, 9.17) is 0 Å². The highest BCUT2D eigenvalue weighted by molar-refractivity contribution is 4.67. The van der Waals surface area contributed by atoms with Gasteiger partial charge in [0.25, 0.3) is 0 Å². The molecule has 0 N–H and O–H groups in total. The zero-order valence-corrected chi connectivity index (χ0v) is 31.9. The van der Waals surface area contributed by atoms with Crippen molar-refractivity contribution in [1.82, 2.24) is 0 Å². The molecule has 0 aliphatic carbocycles. The van der Waals surface area contributed by atoms with E-state index in [0.29, 0.717) is 0 Å². The van der Waals surface area contributed by atoms with Gasteiger partial charge in [-0.3, -0.25) is 0 Å². The van der Waals surface area contributed by atoms with E-state index >= 15 is 0 Å². The normalized spacial score (nSPS) is 13.4. The molecule has 2 atom stereocenters. The molecular formula is C39H86. The minimum absolute atomic E-state index is 0.854. The minimum atomic E-state index is 0.854. The molecule has 39 heavy (non-hydrogen) atoms. The van der Waals surface area contributed by atoms with Gasteiger partial charge in [0.1, 0.15) is 0 Å². The second-order valence-electron chi connectivity index (χ2n) is 16.5. The Morgan fingerprint density at radius 3 is 0.718 bits per heavy atom. The van der Waals surface area contributed by atoms with Gasteiger partial charge in [-0.1, -0.05) is 158 Å². The van der Waals surface area contributed by atoms with E-state index in [9.17, 15) is 0 Å². The van der Waals surface area contributed by atoms with Crippen LogP contribution in [0.15, 0.2) is 0 Å². The monoisotopic (exact) mass is 555 g/mol. The predicted molar refractivity (Wildman–Crippen MR) is 188 cm³/mol. The molecule has 0 heteroatoms. The number of hydrogen-bond acceptors (Lipinski definition) is 0. The van der Waals surface area contributed by atoms with E-state index < -0.39 is 0 Å². The second kappa shape index (κ2) is 28.1. The van der Waals surface area contributed by atoms with Crippen LogP contribution < -0.4 is 0 Å². The first-order valence-corrected chi connectivity index (χ1v) is 17.7. The van der Waals surface area contributed by atoms with Crippen molar-refractivity contribution in [2.75, 3.05) is 0 Å². The lowest BCUT2D eigenvalue weighted by Crippen LogP contribution is -2.14. The Morgan fingerprint density at radius 2 is 0.590 bits per heavy atom. The quantitative estimate of drug-likeness (QED) is 0.189. The van der Waals surface area contributed by atoms with Gasteiger partial charge in [-0.15, -0.1) is 0 Å². The van der Waals surface area contributed by atoms with Gasteiger partial charge in [0.15, 0.2) is 0 Å². The molecule has 2 unspecified atom stereocenters. The van der Waals surface area contributed by atoms with Crippen molar-refractivity contribution >= 4 is 0 Å². The van der Waals surface area contributed by atoms with Crippen LogP contribution in [-0.2, 0) is 0 Å². The highest BCUT2D eigenvalue weighted by atomic mass is 14.2. The summed E-state index contributed by atoms with van der Waals surface area (Å²) in [5, 5.41) is 0. The van der Waals surface area contributed by atoms with Crippen LogP contribution in [0.25, 0.3) is 0 Å². The average Bonchev–Trinajstić information content (AvgIpc) is 2.75. The van der Waals surface area contributed by atoms with Gasteiger partial charge in [0.2, 0.25) is 0 Å². The molecule has 0 rings (SSSR count). The summed E-state index contributed by atoms with van der Waals surface area (Å²) in [6.45, 7) is 46.2. The Balaban J connectivity index is -0.000000212. The van der Waals surface area contributed by atoms with Crippen LogP contribution in [0.3, 0.4) is 0 Å². The smallest absolute Gasteiger partial charge is 0.0386 e. The molecule has 0 aliphatic heterocycles. The largest absolute Gasteiger partial charge is 0.0651 e. The standard InChI is InChI=1S/C12H26.C10H22.C9H20.C8H18/c1-9(2)7-12(11(5)6)8-10(3)4;1-6-10(9(4)5)7-8(2)3;1-7(2)6-9(5)8(3)4;1-7(2)5-6-8(3)4/h9-12H,7-8H2,1-6H3;8-10H,6-7H2,1-5H3;7-9H,6H2,1-5H3;7-8H,5-6H2,1-4H3. The van der Waals surface area contributed by atoms with Crippen LogP contribution in [0.2, 0.25) is 0 Å². The lowest BCUT2D eigenvalue weighted by atomic mass is 9.82. The summed E-state index contributed by atoms with van der Waals surface area (Å²) in [6.07, 6.45) is 9.68. The average molecular weight is 555 g/mol. The van der Waals surface area contributed by atoms with Gasteiger partial charge in [-0.25, -0.2) is 0 Å². The molecule has 0 saturated carbocycles. The molecule has 0 aromatic rings. The molecular weight excluding hydrogens is 468 g/mol. The fourth-order valence-electron chi connectivity index (χ4n) is 5.05. The summed E-state index contributed by atoms with van der Waals surface area (Å²) < 4.78 is 0. The van der Waals surface area contributed by atoms with Gasteiger partial charge >= 0.3 is 0 Å². The van der Waals surface area contributed by atoms with E-state index in [1.807, 2.05) is 0 Å². The highest BCUT2D eigenvalue weighted by Gasteiger charge is 2.16. The van der Waals surface area contributed by atoms with Crippen LogP contribution in [0.4, 0.5) is 0 Å². The van der Waals surface area contributed by atoms with Gasteiger partial charge in [0, 0.05) is 0 Å². The first-order valence-electron chi connectivity index (χ1n) is 17.7. The molecule has 0 aliphatic rings. The molecule has 0 aromatic heterocycles. The third-order valence-electron chi connectivity index (χ3n) is 8.04. The summed E-state index contributed by atoms with van der Waals surface area (Å²) in [5.74, 6) is 10.6. The highest BCUT2D eigenvalue weighted by Crippen LogP contribution is 2.26. The van der Waals surface area contributed by atoms with Crippen molar-refractivity contribution in [2.24, 2.45) is 71.0 Å².